The van der Waals surface area contributed by atoms with Crippen LogP contribution in [-0.2, 0) is 16.1 Å². The number of carbonyl (C=O) groups is 2. The van der Waals surface area contributed by atoms with E-state index in [0.717, 1.165) is 17.7 Å². The highest BCUT2D eigenvalue weighted by Crippen LogP contribution is 2.22. The lowest BCUT2D eigenvalue weighted by Gasteiger charge is -2.14. The van der Waals surface area contributed by atoms with Gasteiger partial charge in [0.1, 0.15) is 6.04 Å². The summed E-state index contributed by atoms with van der Waals surface area (Å²) in [6.45, 7) is 0.181. The zero-order chi connectivity index (χ0) is 15.4. The van der Waals surface area contributed by atoms with Gasteiger partial charge in [0.25, 0.3) is 5.89 Å². The fourth-order valence-corrected chi connectivity index (χ4v) is 2.93. The summed E-state index contributed by atoms with van der Waals surface area (Å²) >= 11 is 1.51. The van der Waals surface area contributed by atoms with Crippen molar-refractivity contribution >= 4 is 23.2 Å². The van der Waals surface area contributed by atoms with Crippen LogP contribution in [0.2, 0.25) is 0 Å². The van der Waals surface area contributed by atoms with Crippen LogP contribution in [0.1, 0.15) is 31.5 Å². The van der Waals surface area contributed by atoms with Crippen LogP contribution >= 0.6 is 11.3 Å². The minimum atomic E-state index is -0.473. The van der Waals surface area contributed by atoms with Gasteiger partial charge in [-0.2, -0.15) is 4.98 Å². The molecule has 0 aliphatic carbocycles. The zero-order valence-electron chi connectivity index (χ0n) is 11.9. The summed E-state index contributed by atoms with van der Waals surface area (Å²) in [6, 6.07) is 3.32. The minimum Gasteiger partial charge on any atom is -0.347 e. The molecule has 0 saturated carbocycles. The molecule has 22 heavy (non-hydrogen) atoms. The predicted molar refractivity (Wildman–Crippen MR) is 79.9 cm³/mol. The first-order valence-corrected chi connectivity index (χ1v) is 8.04. The van der Waals surface area contributed by atoms with E-state index >= 15 is 0 Å². The Hall–Kier alpha value is -2.22. The van der Waals surface area contributed by atoms with Crippen molar-refractivity contribution < 1.29 is 14.1 Å². The Kier molecular flexibility index (Phi) is 4.47. The van der Waals surface area contributed by atoms with Crippen LogP contribution in [-0.4, -0.2) is 28.0 Å². The first-order valence-electron chi connectivity index (χ1n) is 7.16. The maximum atomic E-state index is 12.1. The maximum absolute atomic E-state index is 12.1. The van der Waals surface area contributed by atoms with Gasteiger partial charge in [-0.3, -0.25) is 9.59 Å². The fourth-order valence-electron chi connectivity index (χ4n) is 2.28. The van der Waals surface area contributed by atoms with Crippen molar-refractivity contribution in [2.45, 2.75) is 38.3 Å². The SMILES string of the molecule is O=C1CCCC[C@@H](C(=O)NCc2noc(-c3cccs3)n2)N1. The minimum absolute atomic E-state index is 0.0720. The Labute approximate surface area is 131 Å². The summed E-state index contributed by atoms with van der Waals surface area (Å²) in [7, 11) is 0. The van der Waals surface area contributed by atoms with Crippen LogP contribution < -0.4 is 10.6 Å². The molecule has 0 unspecified atom stereocenters. The quantitative estimate of drug-likeness (QED) is 0.889. The van der Waals surface area contributed by atoms with Crippen molar-refractivity contribution in [2.24, 2.45) is 0 Å². The van der Waals surface area contributed by atoms with E-state index in [0.29, 0.717) is 24.6 Å². The van der Waals surface area contributed by atoms with Crippen LogP contribution in [0, 0.1) is 0 Å². The highest BCUT2D eigenvalue weighted by atomic mass is 32.1. The van der Waals surface area contributed by atoms with E-state index in [9.17, 15) is 9.59 Å². The van der Waals surface area contributed by atoms with Crippen LogP contribution in [0.25, 0.3) is 10.8 Å². The highest BCUT2D eigenvalue weighted by Gasteiger charge is 2.23. The van der Waals surface area contributed by atoms with Crippen molar-refractivity contribution in [2.75, 3.05) is 0 Å². The standard InChI is InChI=1S/C14H16N4O3S/c19-12-6-2-1-4-9(16-12)13(20)15-8-11-17-14(21-18-11)10-5-3-7-22-10/h3,5,7,9H,1-2,4,6,8H2,(H,15,20)(H,16,19)/t9-/m0/s1. The molecule has 2 aromatic rings. The van der Waals surface area contributed by atoms with E-state index < -0.39 is 6.04 Å². The molecule has 7 nitrogen and oxygen atoms in total. The molecule has 3 rings (SSSR count). The van der Waals surface area contributed by atoms with Gasteiger partial charge in [0, 0.05) is 6.42 Å². The molecule has 1 fully saturated rings. The second kappa shape index (κ2) is 6.69. The highest BCUT2D eigenvalue weighted by molar-refractivity contribution is 7.13. The lowest BCUT2D eigenvalue weighted by Crippen LogP contribution is -2.45. The van der Waals surface area contributed by atoms with Gasteiger partial charge in [0.2, 0.25) is 11.8 Å². The van der Waals surface area contributed by atoms with E-state index in [1.54, 1.807) is 0 Å². The number of aromatic nitrogens is 2. The summed E-state index contributed by atoms with van der Waals surface area (Å²) in [4.78, 5) is 28.7. The predicted octanol–water partition coefficient (Wildman–Crippen LogP) is 1.47. The average molecular weight is 320 g/mol. The Bertz CT molecular complexity index is 653. The molecule has 1 saturated heterocycles. The van der Waals surface area contributed by atoms with Crippen molar-refractivity contribution in [3.05, 3.63) is 23.3 Å². The molecule has 0 bridgehead atoms. The number of hydrogen-bond donors (Lipinski definition) is 2. The molecular formula is C14H16N4O3S. The molecule has 3 heterocycles. The van der Waals surface area contributed by atoms with Gasteiger partial charge in [-0.05, 0) is 24.3 Å². The molecule has 0 aromatic carbocycles. The average Bonchev–Trinajstić information content (AvgIpc) is 3.14. The van der Waals surface area contributed by atoms with Gasteiger partial charge in [-0.1, -0.05) is 17.6 Å². The summed E-state index contributed by atoms with van der Waals surface area (Å²) in [5.74, 6) is 0.577. The molecule has 8 heteroatoms. The molecule has 0 radical (unpaired) electrons. The van der Waals surface area contributed by atoms with E-state index in [1.165, 1.54) is 11.3 Å². The van der Waals surface area contributed by atoms with Gasteiger partial charge in [-0.25, -0.2) is 0 Å². The number of carbonyl (C=O) groups excluding carboxylic acids is 2. The topological polar surface area (TPSA) is 97.1 Å². The smallest absolute Gasteiger partial charge is 0.268 e. The summed E-state index contributed by atoms with van der Waals surface area (Å²) < 4.78 is 5.15. The van der Waals surface area contributed by atoms with Crippen molar-refractivity contribution in [3.63, 3.8) is 0 Å². The summed E-state index contributed by atoms with van der Waals surface area (Å²) in [5, 5.41) is 11.2. The molecule has 1 atom stereocenters. The fraction of sp³-hybridized carbons (Fsp3) is 0.429. The molecule has 2 amide bonds. The van der Waals surface area contributed by atoms with Crippen LogP contribution in [0.4, 0.5) is 0 Å². The monoisotopic (exact) mass is 320 g/mol. The van der Waals surface area contributed by atoms with E-state index in [-0.39, 0.29) is 18.4 Å². The molecule has 0 spiro atoms. The van der Waals surface area contributed by atoms with E-state index in [2.05, 4.69) is 20.8 Å². The Morgan fingerprint density at radius 1 is 1.50 bits per heavy atom. The van der Waals surface area contributed by atoms with Gasteiger partial charge in [-0.15, -0.1) is 11.3 Å². The van der Waals surface area contributed by atoms with Crippen molar-refractivity contribution in [1.82, 2.24) is 20.8 Å². The van der Waals surface area contributed by atoms with E-state index in [4.69, 9.17) is 4.52 Å². The first-order chi connectivity index (χ1) is 10.7. The number of nitrogens with one attached hydrogen (secondary N) is 2. The Balaban J connectivity index is 1.55. The van der Waals surface area contributed by atoms with Gasteiger partial charge in [0.05, 0.1) is 11.4 Å². The van der Waals surface area contributed by atoms with Crippen LogP contribution in [0.5, 0.6) is 0 Å². The summed E-state index contributed by atoms with van der Waals surface area (Å²) in [6.07, 6.45) is 2.83. The number of hydrogen-bond acceptors (Lipinski definition) is 6. The van der Waals surface area contributed by atoms with Crippen molar-refractivity contribution in [1.29, 1.82) is 0 Å². The lowest BCUT2D eigenvalue weighted by atomic mass is 10.1. The Morgan fingerprint density at radius 2 is 2.41 bits per heavy atom. The van der Waals surface area contributed by atoms with Gasteiger partial charge >= 0.3 is 0 Å². The molecule has 2 aromatic heterocycles. The van der Waals surface area contributed by atoms with Crippen LogP contribution in [0.15, 0.2) is 22.0 Å². The second-order valence-electron chi connectivity index (χ2n) is 5.08. The van der Waals surface area contributed by atoms with Gasteiger partial charge < -0.3 is 15.2 Å². The third-order valence-electron chi connectivity index (χ3n) is 3.42. The number of thiophene rings is 1. The number of rotatable bonds is 4. The third-order valence-corrected chi connectivity index (χ3v) is 4.28. The molecular weight excluding hydrogens is 304 g/mol. The van der Waals surface area contributed by atoms with Crippen molar-refractivity contribution in [3.8, 4) is 10.8 Å². The Morgan fingerprint density at radius 3 is 3.23 bits per heavy atom. The lowest BCUT2D eigenvalue weighted by molar-refractivity contribution is -0.128. The number of nitrogens with zero attached hydrogens (tertiary/aromatic N) is 2. The third kappa shape index (κ3) is 3.51. The largest absolute Gasteiger partial charge is 0.347 e. The normalized spacial score (nSPS) is 18.5. The molecule has 1 aliphatic rings. The maximum Gasteiger partial charge on any atom is 0.268 e. The summed E-state index contributed by atoms with van der Waals surface area (Å²) in [5.41, 5.74) is 0. The van der Waals surface area contributed by atoms with Crippen LogP contribution in [0.3, 0.4) is 0 Å². The molecule has 1 aliphatic heterocycles. The molecule has 116 valence electrons. The van der Waals surface area contributed by atoms with E-state index in [1.807, 2.05) is 17.5 Å². The second-order valence-corrected chi connectivity index (χ2v) is 6.02. The van der Waals surface area contributed by atoms with Gasteiger partial charge in [0.15, 0.2) is 5.82 Å². The zero-order valence-corrected chi connectivity index (χ0v) is 12.7. The number of amides is 2. The molecule has 2 N–H and O–H groups in total. The first kappa shape index (κ1) is 14.7.